The quantitative estimate of drug-likeness (QED) is 0.829. The van der Waals surface area contributed by atoms with Gasteiger partial charge in [-0.15, -0.1) is 0 Å². The van der Waals surface area contributed by atoms with E-state index in [9.17, 15) is 5.11 Å². The highest BCUT2D eigenvalue weighted by atomic mass is 16.5. The third kappa shape index (κ3) is 4.51. The maximum atomic E-state index is 10.4. The summed E-state index contributed by atoms with van der Waals surface area (Å²) < 4.78 is 5.42. The molecule has 2 rings (SSSR count). The summed E-state index contributed by atoms with van der Waals surface area (Å²) in [6, 6.07) is 8.14. The normalized spacial score (nSPS) is 18.2. The highest BCUT2D eigenvalue weighted by Gasteiger charge is 2.28. The fourth-order valence-electron chi connectivity index (χ4n) is 2.70. The van der Waals surface area contributed by atoms with Gasteiger partial charge in [-0.2, -0.15) is 0 Å². The van der Waals surface area contributed by atoms with Crippen molar-refractivity contribution >= 4 is 0 Å². The van der Waals surface area contributed by atoms with E-state index in [1.165, 1.54) is 12.0 Å². The van der Waals surface area contributed by atoms with Gasteiger partial charge in [-0.1, -0.05) is 31.4 Å². The molecule has 0 spiro atoms. The molecule has 1 aliphatic rings. The standard InChI is InChI=1S/C16H25NO2/c1-2-19-15-8-6-14(7-9-15)12-17-13-16(18)10-4-3-5-11-16/h6-9,17-18H,2-5,10-13H2,1H3. The lowest BCUT2D eigenvalue weighted by atomic mass is 9.85. The molecule has 0 amide bonds. The summed E-state index contributed by atoms with van der Waals surface area (Å²) >= 11 is 0. The molecule has 0 saturated heterocycles. The van der Waals surface area contributed by atoms with Crippen LogP contribution < -0.4 is 10.1 Å². The Morgan fingerprint density at radius 1 is 1.16 bits per heavy atom. The Bertz CT molecular complexity index is 369. The number of benzene rings is 1. The Hall–Kier alpha value is -1.06. The summed E-state index contributed by atoms with van der Waals surface area (Å²) in [4.78, 5) is 0. The van der Waals surface area contributed by atoms with E-state index in [0.29, 0.717) is 13.2 Å². The molecule has 0 aromatic heterocycles. The van der Waals surface area contributed by atoms with E-state index < -0.39 is 5.60 Å². The van der Waals surface area contributed by atoms with Crippen LogP contribution in [0.15, 0.2) is 24.3 Å². The van der Waals surface area contributed by atoms with Crippen LogP contribution in [0, 0.1) is 0 Å². The van der Waals surface area contributed by atoms with Gasteiger partial charge in [0.15, 0.2) is 0 Å². The van der Waals surface area contributed by atoms with Gasteiger partial charge in [-0.05, 0) is 37.5 Å². The summed E-state index contributed by atoms with van der Waals surface area (Å²) in [5.41, 5.74) is 0.742. The molecule has 0 bridgehead atoms. The smallest absolute Gasteiger partial charge is 0.119 e. The van der Waals surface area contributed by atoms with Crippen LogP contribution in [0.4, 0.5) is 0 Å². The Kier molecular flexibility index (Phi) is 5.23. The van der Waals surface area contributed by atoms with Crippen LogP contribution in [0.3, 0.4) is 0 Å². The summed E-state index contributed by atoms with van der Waals surface area (Å²) in [6.07, 6.45) is 5.44. The molecule has 0 radical (unpaired) electrons. The van der Waals surface area contributed by atoms with Crippen LogP contribution in [0.1, 0.15) is 44.6 Å². The first kappa shape index (κ1) is 14.4. The lowest BCUT2D eigenvalue weighted by Gasteiger charge is -2.32. The summed E-state index contributed by atoms with van der Waals surface area (Å²) in [5, 5.41) is 13.8. The molecule has 19 heavy (non-hydrogen) atoms. The van der Waals surface area contributed by atoms with Crippen molar-refractivity contribution in [3.63, 3.8) is 0 Å². The fraction of sp³-hybridized carbons (Fsp3) is 0.625. The SMILES string of the molecule is CCOc1ccc(CNCC2(O)CCCCC2)cc1. The van der Waals surface area contributed by atoms with E-state index in [1.807, 2.05) is 19.1 Å². The highest BCUT2D eigenvalue weighted by Crippen LogP contribution is 2.27. The van der Waals surface area contributed by atoms with Crippen LogP contribution in [-0.2, 0) is 6.54 Å². The Labute approximate surface area is 116 Å². The zero-order valence-electron chi connectivity index (χ0n) is 11.8. The molecule has 106 valence electrons. The second-order valence-corrected chi connectivity index (χ2v) is 5.47. The number of hydrogen-bond acceptors (Lipinski definition) is 3. The molecule has 0 unspecified atom stereocenters. The van der Waals surface area contributed by atoms with Crippen LogP contribution in [-0.4, -0.2) is 23.9 Å². The molecule has 0 atom stereocenters. The van der Waals surface area contributed by atoms with Gasteiger partial charge in [-0.25, -0.2) is 0 Å². The predicted octanol–water partition coefficient (Wildman–Crippen LogP) is 2.87. The molecule has 3 heteroatoms. The number of rotatable bonds is 6. The fourth-order valence-corrected chi connectivity index (χ4v) is 2.70. The van der Waals surface area contributed by atoms with Crippen LogP contribution in [0.5, 0.6) is 5.75 Å². The van der Waals surface area contributed by atoms with Gasteiger partial charge < -0.3 is 15.2 Å². The van der Waals surface area contributed by atoms with Crippen LogP contribution >= 0.6 is 0 Å². The maximum absolute atomic E-state index is 10.4. The molecule has 1 fully saturated rings. The number of nitrogens with one attached hydrogen (secondary N) is 1. The average molecular weight is 263 g/mol. The molecule has 1 aliphatic carbocycles. The van der Waals surface area contributed by atoms with Crippen molar-refractivity contribution in [3.05, 3.63) is 29.8 Å². The molecular weight excluding hydrogens is 238 g/mol. The van der Waals surface area contributed by atoms with Gasteiger partial charge >= 0.3 is 0 Å². The van der Waals surface area contributed by atoms with Crippen molar-refractivity contribution < 1.29 is 9.84 Å². The molecule has 1 aromatic rings. The van der Waals surface area contributed by atoms with Gasteiger partial charge in [0.1, 0.15) is 5.75 Å². The molecule has 2 N–H and O–H groups in total. The van der Waals surface area contributed by atoms with E-state index >= 15 is 0 Å². The zero-order chi connectivity index (χ0) is 13.6. The lowest BCUT2D eigenvalue weighted by molar-refractivity contribution is 0.00467. The van der Waals surface area contributed by atoms with Gasteiger partial charge in [0.25, 0.3) is 0 Å². The Morgan fingerprint density at radius 3 is 2.47 bits per heavy atom. The Morgan fingerprint density at radius 2 is 1.84 bits per heavy atom. The minimum absolute atomic E-state index is 0.483. The van der Waals surface area contributed by atoms with Gasteiger partial charge in [0.05, 0.1) is 12.2 Å². The van der Waals surface area contributed by atoms with Gasteiger partial charge in [0, 0.05) is 13.1 Å². The molecule has 3 nitrogen and oxygen atoms in total. The minimum atomic E-state index is -0.483. The summed E-state index contributed by atoms with van der Waals surface area (Å²) in [7, 11) is 0. The van der Waals surface area contributed by atoms with Crippen molar-refractivity contribution in [1.82, 2.24) is 5.32 Å². The molecule has 1 saturated carbocycles. The lowest BCUT2D eigenvalue weighted by Crippen LogP contribution is -2.41. The van der Waals surface area contributed by atoms with Crippen molar-refractivity contribution in [2.45, 2.75) is 51.2 Å². The van der Waals surface area contributed by atoms with Crippen LogP contribution in [0.2, 0.25) is 0 Å². The van der Waals surface area contributed by atoms with E-state index in [4.69, 9.17) is 4.74 Å². The third-order valence-electron chi connectivity index (χ3n) is 3.80. The molecular formula is C16H25NO2. The number of aliphatic hydroxyl groups is 1. The monoisotopic (exact) mass is 263 g/mol. The van der Waals surface area contributed by atoms with Crippen molar-refractivity contribution in [2.75, 3.05) is 13.2 Å². The minimum Gasteiger partial charge on any atom is -0.494 e. The van der Waals surface area contributed by atoms with Crippen molar-refractivity contribution in [2.24, 2.45) is 0 Å². The average Bonchev–Trinajstić information content (AvgIpc) is 2.42. The summed E-state index contributed by atoms with van der Waals surface area (Å²) in [6.45, 7) is 4.18. The van der Waals surface area contributed by atoms with Gasteiger partial charge in [-0.3, -0.25) is 0 Å². The molecule has 0 heterocycles. The molecule has 0 aliphatic heterocycles. The third-order valence-corrected chi connectivity index (χ3v) is 3.80. The van der Waals surface area contributed by atoms with E-state index in [-0.39, 0.29) is 0 Å². The predicted molar refractivity (Wildman–Crippen MR) is 77.4 cm³/mol. The first-order chi connectivity index (χ1) is 9.22. The largest absolute Gasteiger partial charge is 0.494 e. The zero-order valence-corrected chi connectivity index (χ0v) is 11.8. The van der Waals surface area contributed by atoms with Crippen LogP contribution in [0.25, 0.3) is 0 Å². The maximum Gasteiger partial charge on any atom is 0.119 e. The van der Waals surface area contributed by atoms with E-state index in [0.717, 1.165) is 38.0 Å². The highest BCUT2D eigenvalue weighted by molar-refractivity contribution is 5.27. The second kappa shape index (κ2) is 6.92. The number of hydrogen-bond donors (Lipinski definition) is 2. The second-order valence-electron chi connectivity index (χ2n) is 5.47. The first-order valence-electron chi connectivity index (χ1n) is 7.37. The van der Waals surface area contributed by atoms with E-state index in [1.54, 1.807) is 0 Å². The van der Waals surface area contributed by atoms with E-state index in [2.05, 4.69) is 17.4 Å². The summed E-state index contributed by atoms with van der Waals surface area (Å²) in [5.74, 6) is 0.914. The Balaban J connectivity index is 1.75. The topological polar surface area (TPSA) is 41.5 Å². The van der Waals surface area contributed by atoms with Crippen molar-refractivity contribution in [3.8, 4) is 5.75 Å². The number of ether oxygens (including phenoxy) is 1. The first-order valence-corrected chi connectivity index (χ1v) is 7.37. The molecule has 1 aromatic carbocycles. The van der Waals surface area contributed by atoms with Gasteiger partial charge in [0.2, 0.25) is 0 Å². The van der Waals surface area contributed by atoms with Crippen molar-refractivity contribution in [1.29, 1.82) is 0 Å².